The third-order valence-electron chi connectivity index (χ3n) is 5.66. The van der Waals surface area contributed by atoms with Crippen molar-refractivity contribution >= 4 is 22.6 Å². The summed E-state index contributed by atoms with van der Waals surface area (Å²) in [6.45, 7) is 1.48. The number of hydrogen-bond donors (Lipinski definition) is 3. The fourth-order valence-electron chi connectivity index (χ4n) is 4.04. The molecular weight excluding hydrogens is 413 g/mol. The zero-order chi connectivity index (χ0) is 22.1. The molecule has 3 N–H and O–H groups in total. The number of hydrazine groups is 1. The summed E-state index contributed by atoms with van der Waals surface area (Å²) in [5, 5.41) is 4.66. The van der Waals surface area contributed by atoms with E-state index in [1.54, 1.807) is 0 Å². The van der Waals surface area contributed by atoms with Crippen molar-refractivity contribution in [2.45, 2.75) is 31.9 Å². The molecule has 0 bridgehead atoms. The fraction of sp³-hybridized carbons (Fsp3) is 0.364. The number of halogens is 1. The summed E-state index contributed by atoms with van der Waals surface area (Å²) >= 11 is 0. The van der Waals surface area contributed by atoms with E-state index < -0.39 is 0 Å². The van der Waals surface area contributed by atoms with Crippen LogP contribution in [-0.4, -0.2) is 51.1 Å². The second-order valence-electron chi connectivity index (χ2n) is 8.03. The van der Waals surface area contributed by atoms with E-state index in [0.29, 0.717) is 35.7 Å². The lowest BCUT2D eigenvalue weighted by molar-refractivity contribution is 0.0101. The lowest BCUT2D eigenvalue weighted by atomic mass is 10.0. The molecule has 1 amide bonds. The summed E-state index contributed by atoms with van der Waals surface area (Å²) in [5.74, 6) is -0.0748. The van der Waals surface area contributed by atoms with Crippen molar-refractivity contribution in [1.82, 2.24) is 35.7 Å². The molecule has 0 radical (unpaired) electrons. The van der Waals surface area contributed by atoms with Gasteiger partial charge in [0, 0.05) is 32.9 Å². The number of nitrogens with zero attached hydrogens (tertiary/aromatic N) is 4. The van der Waals surface area contributed by atoms with Crippen LogP contribution in [0.2, 0.25) is 0 Å². The Hall–Kier alpha value is -3.37. The number of carbonyl (C=O) groups excluding carboxylic acids is 1. The Bertz CT molecular complexity index is 1190. The van der Waals surface area contributed by atoms with Crippen LogP contribution in [0.4, 0.5) is 4.39 Å². The predicted octanol–water partition coefficient (Wildman–Crippen LogP) is 2.45. The van der Waals surface area contributed by atoms with Gasteiger partial charge in [0.2, 0.25) is 0 Å². The second kappa shape index (κ2) is 8.64. The number of ether oxygens (including phenoxy) is 1. The van der Waals surface area contributed by atoms with E-state index in [0.717, 1.165) is 30.4 Å². The van der Waals surface area contributed by atoms with Crippen molar-refractivity contribution in [3.63, 3.8) is 0 Å². The van der Waals surface area contributed by atoms with Crippen molar-refractivity contribution in [2.75, 3.05) is 20.2 Å². The van der Waals surface area contributed by atoms with E-state index in [4.69, 9.17) is 4.74 Å². The number of rotatable bonds is 5. The van der Waals surface area contributed by atoms with E-state index in [1.165, 1.54) is 18.5 Å². The molecule has 9 nitrogen and oxygen atoms in total. The Kier molecular flexibility index (Phi) is 5.54. The van der Waals surface area contributed by atoms with Gasteiger partial charge < -0.3 is 20.0 Å². The molecule has 5 rings (SSSR count). The number of aromatic nitrogens is 4. The van der Waals surface area contributed by atoms with E-state index in [2.05, 4.69) is 30.7 Å². The van der Waals surface area contributed by atoms with E-state index >= 15 is 0 Å². The molecule has 32 heavy (non-hydrogen) atoms. The summed E-state index contributed by atoms with van der Waals surface area (Å²) in [5.41, 5.74) is 6.65. The van der Waals surface area contributed by atoms with Crippen molar-refractivity contribution in [3.05, 3.63) is 59.2 Å². The number of fused-ring (bicyclic) bond motifs is 1. The normalized spacial score (nSPS) is 18.8. The SMILES string of the molecule is CN1C=C(c2cc(F)cc(CNC(=O)c3ncnc4nc(C5CCCCO5)[nH]c34)c2)CN1. The van der Waals surface area contributed by atoms with Crippen LogP contribution in [0.15, 0.2) is 30.7 Å². The smallest absolute Gasteiger partial charge is 0.272 e. The topological polar surface area (TPSA) is 108 Å². The quantitative estimate of drug-likeness (QED) is 0.563. The van der Waals surface area contributed by atoms with Crippen LogP contribution >= 0.6 is 0 Å². The minimum Gasteiger partial charge on any atom is -0.370 e. The first-order valence-corrected chi connectivity index (χ1v) is 10.6. The number of benzene rings is 1. The molecular formula is C22H24FN7O2. The third-order valence-corrected chi connectivity index (χ3v) is 5.66. The van der Waals surface area contributed by atoms with Gasteiger partial charge in [0.1, 0.15) is 29.6 Å². The number of hydrogen-bond acceptors (Lipinski definition) is 7. The van der Waals surface area contributed by atoms with Gasteiger partial charge in [-0.2, -0.15) is 0 Å². The zero-order valence-electron chi connectivity index (χ0n) is 17.7. The molecule has 1 unspecified atom stereocenters. The minimum atomic E-state index is -0.385. The highest BCUT2D eigenvalue weighted by atomic mass is 19.1. The lowest BCUT2D eigenvalue weighted by Crippen LogP contribution is -2.24. The molecule has 1 atom stereocenters. The highest BCUT2D eigenvalue weighted by Crippen LogP contribution is 2.27. The van der Waals surface area contributed by atoms with Crippen molar-refractivity contribution < 1.29 is 13.9 Å². The Balaban J connectivity index is 1.34. The average molecular weight is 437 g/mol. The van der Waals surface area contributed by atoms with Crippen LogP contribution in [0.5, 0.6) is 0 Å². The van der Waals surface area contributed by atoms with Gasteiger partial charge in [-0.1, -0.05) is 0 Å². The van der Waals surface area contributed by atoms with Gasteiger partial charge in [-0.05, 0) is 54.2 Å². The number of amides is 1. The van der Waals surface area contributed by atoms with Gasteiger partial charge >= 0.3 is 0 Å². The predicted molar refractivity (Wildman–Crippen MR) is 116 cm³/mol. The molecule has 1 aromatic carbocycles. The molecule has 0 aliphatic carbocycles. The molecule has 3 aromatic rings. The van der Waals surface area contributed by atoms with Crippen LogP contribution in [0.25, 0.3) is 16.7 Å². The largest absolute Gasteiger partial charge is 0.370 e. The first kappa shape index (κ1) is 20.5. The molecule has 166 valence electrons. The number of aromatic amines is 1. The molecule has 1 fully saturated rings. The molecule has 2 aliphatic rings. The summed E-state index contributed by atoms with van der Waals surface area (Å²) < 4.78 is 20.0. The molecule has 1 saturated heterocycles. The molecule has 10 heteroatoms. The first-order valence-electron chi connectivity index (χ1n) is 10.6. The summed E-state index contributed by atoms with van der Waals surface area (Å²) in [6.07, 6.45) is 6.09. The molecule has 4 heterocycles. The highest BCUT2D eigenvalue weighted by molar-refractivity contribution is 6.02. The average Bonchev–Trinajstić information content (AvgIpc) is 3.44. The van der Waals surface area contributed by atoms with E-state index in [-0.39, 0.29) is 30.1 Å². The van der Waals surface area contributed by atoms with Gasteiger partial charge in [-0.15, -0.1) is 0 Å². The molecule has 2 aromatic heterocycles. The van der Waals surface area contributed by atoms with Crippen molar-refractivity contribution in [3.8, 4) is 0 Å². The van der Waals surface area contributed by atoms with Crippen LogP contribution in [0, 0.1) is 5.82 Å². The lowest BCUT2D eigenvalue weighted by Gasteiger charge is -2.20. The van der Waals surface area contributed by atoms with Crippen LogP contribution < -0.4 is 10.7 Å². The van der Waals surface area contributed by atoms with Crippen molar-refractivity contribution in [1.29, 1.82) is 0 Å². The van der Waals surface area contributed by atoms with Crippen LogP contribution in [-0.2, 0) is 11.3 Å². The highest BCUT2D eigenvalue weighted by Gasteiger charge is 2.23. The number of H-pyrrole nitrogens is 1. The minimum absolute atomic E-state index is 0.127. The van der Waals surface area contributed by atoms with Gasteiger partial charge in [-0.25, -0.2) is 24.8 Å². The Labute approximate surface area is 184 Å². The van der Waals surface area contributed by atoms with E-state index in [1.807, 2.05) is 24.3 Å². The van der Waals surface area contributed by atoms with Gasteiger partial charge in [-0.3, -0.25) is 4.79 Å². The number of imidazole rings is 1. The summed E-state index contributed by atoms with van der Waals surface area (Å²) in [4.78, 5) is 28.9. The standard InChI is InChI=1S/C22H24FN7O2/c1-30-11-15(10-27-30)14-6-13(7-16(23)8-14)9-24-22(31)19-18-21(26-12-25-19)29-20(28-18)17-4-2-3-5-32-17/h6-8,11-12,17,27H,2-5,9-10H2,1H3,(H,24,31)(H,25,26,28,29). The monoisotopic (exact) mass is 437 g/mol. The molecule has 0 spiro atoms. The first-order chi connectivity index (χ1) is 15.6. The molecule has 0 saturated carbocycles. The Morgan fingerprint density at radius 1 is 1.31 bits per heavy atom. The number of carbonyl (C=O) groups is 1. The Morgan fingerprint density at radius 3 is 3.00 bits per heavy atom. The fourth-order valence-corrected chi connectivity index (χ4v) is 4.04. The molecule has 2 aliphatic heterocycles. The van der Waals surface area contributed by atoms with Gasteiger partial charge in [0.15, 0.2) is 11.3 Å². The third kappa shape index (κ3) is 4.19. The maximum Gasteiger partial charge on any atom is 0.272 e. The Morgan fingerprint density at radius 2 is 2.22 bits per heavy atom. The van der Waals surface area contributed by atoms with Crippen LogP contribution in [0.3, 0.4) is 0 Å². The maximum absolute atomic E-state index is 14.2. The van der Waals surface area contributed by atoms with Gasteiger partial charge in [0.25, 0.3) is 5.91 Å². The van der Waals surface area contributed by atoms with E-state index in [9.17, 15) is 9.18 Å². The van der Waals surface area contributed by atoms with Crippen LogP contribution in [0.1, 0.15) is 52.8 Å². The zero-order valence-corrected chi connectivity index (χ0v) is 17.7. The summed E-state index contributed by atoms with van der Waals surface area (Å²) in [7, 11) is 1.89. The maximum atomic E-state index is 14.2. The van der Waals surface area contributed by atoms with Gasteiger partial charge in [0.05, 0.1) is 0 Å². The second-order valence-corrected chi connectivity index (χ2v) is 8.03. The van der Waals surface area contributed by atoms with Crippen molar-refractivity contribution in [2.24, 2.45) is 0 Å². The number of nitrogens with one attached hydrogen (secondary N) is 3. The summed E-state index contributed by atoms with van der Waals surface area (Å²) in [6, 6.07) is 4.78.